The zero-order valence-electron chi connectivity index (χ0n) is 10.5. The lowest BCUT2D eigenvalue weighted by atomic mass is 9.89. The van der Waals surface area contributed by atoms with E-state index in [1.54, 1.807) is 6.92 Å². The molecule has 0 heterocycles. The standard InChI is InChI=1S/C12H25N3O/c1-3-15(9-8-13)12-7-5-4-6-11(12)14-10(2)16/h11-12H,3-9,13H2,1-2H3,(H,14,16)/t11-,12-/m0/s1. The van der Waals surface area contributed by atoms with Crippen LogP contribution in [0, 0.1) is 0 Å². The summed E-state index contributed by atoms with van der Waals surface area (Å²) in [4.78, 5) is 13.6. The van der Waals surface area contributed by atoms with Crippen LogP contribution in [0.15, 0.2) is 0 Å². The van der Waals surface area contributed by atoms with Gasteiger partial charge < -0.3 is 11.1 Å². The Kier molecular flexibility index (Phi) is 5.77. The fourth-order valence-corrected chi connectivity index (χ4v) is 2.70. The van der Waals surface area contributed by atoms with E-state index in [-0.39, 0.29) is 5.91 Å². The number of nitrogens with zero attached hydrogens (tertiary/aromatic N) is 1. The van der Waals surface area contributed by atoms with E-state index in [0.29, 0.717) is 18.6 Å². The van der Waals surface area contributed by atoms with Crippen LogP contribution in [0.4, 0.5) is 0 Å². The normalized spacial score (nSPS) is 25.8. The van der Waals surface area contributed by atoms with Crippen LogP contribution in [0.3, 0.4) is 0 Å². The molecule has 4 nitrogen and oxygen atoms in total. The largest absolute Gasteiger partial charge is 0.352 e. The van der Waals surface area contributed by atoms with Crippen molar-refractivity contribution in [3.05, 3.63) is 0 Å². The number of rotatable bonds is 5. The Bertz CT molecular complexity index is 220. The summed E-state index contributed by atoms with van der Waals surface area (Å²) in [7, 11) is 0. The second kappa shape index (κ2) is 6.86. The van der Waals surface area contributed by atoms with E-state index in [1.165, 1.54) is 19.3 Å². The minimum Gasteiger partial charge on any atom is -0.352 e. The molecule has 0 radical (unpaired) electrons. The van der Waals surface area contributed by atoms with E-state index in [2.05, 4.69) is 17.1 Å². The van der Waals surface area contributed by atoms with Gasteiger partial charge in [0.1, 0.15) is 0 Å². The molecular weight excluding hydrogens is 202 g/mol. The van der Waals surface area contributed by atoms with Crippen molar-refractivity contribution in [3.63, 3.8) is 0 Å². The molecule has 0 spiro atoms. The van der Waals surface area contributed by atoms with Crippen LogP contribution in [-0.2, 0) is 4.79 Å². The minimum atomic E-state index is 0.0840. The van der Waals surface area contributed by atoms with Crippen molar-refractivity contribution in [2.75, 3.05) is 19.6 Å². The molecule has 16 heavy (non-hydrogen) atoms. The van der Waals surface area contributed by atoms with Crippen LogP contribution >= 0.6 is 0 Å². The Morgan fingerprint density at radius 1 is 1.44 bits per heavy atom. The number of amides is 1. The van der Waals surface area contributed by atoms with Crippen LogP contribution in [0.5, 0.6) is 0 Å². The number of likely N-dealkylation sites (N-methyl/N-ethyl adjacent to an activating group) is 1. The predicted octanol–water partition coefficient (Wildman–Crippen LogP) is 0.714. The second-order valence-corrected chi connectivity index (χ2v) is 4.58. The Hall–Kier alpha value is -0.610. The van der Waals surface area contributed by atoms with Gasteiger partial charge in [0.25, 0.3) is 0 Å². The van der Waals surface area contributed by atoms with Crippen molar-refractivity contribution >= 4 is 5.91 Å². The van der Waals surface area contributed by atoms with E-state index in [4.69, 9.17) is 5.73 Å². The van der Waals surface area contributed by atoms with E-state index in [1.807, 2.05) is 0 Å². The number of nitrogens with one attached hydrogen (secondary N) is 1. The first-order chi connectivity index (χ1) is 7.69. The minimum absolute atomic E-state index is 0.0840. The molecule has 0 aliphatic heterocycles. The smallest absolute Gasteiger partial charge is 0.217 e. The molecule has 1 aliphatic rings. The molecule has 0 bridgehead atoms. The SMILES string of the molecule is CCN(CCN)[C@H]1CCCC[C@@H]1NC(C)=O. The maximum absolute atomic E-state index is 11.2. The van der Waals surface area contributed by atoms with E-state index in [9.17, 15) is 4.79 Å². The summed E-state index contributed by atoms with van der Waals surface area (Å²) in [6.45, 7) is 6.40. The molecule has 0 aromatic heterocycles. The van der Waals surface area contributed by atoms with Gasteiger partial charge >= 0.3 is 0 Å². The van der Waals surface area contributed by atoms with Gasteiger partial charge in [-0.3, -0.25) is 9.69 Å². The predicted molar refractivity (Wildman–Crippen MR) is 66.2 cm³/mol. The van der Waals surface area contributed by atoms with Crippen LogP contribution in [0.1, 0.15) is 39.5 Å². The van der Waals surface area contributed by atoms with Crippen molar-refractivity contribution in [2.45, 2.75) is 51.6 Å². The van der Waals surface area contributed by atoms with Gasteiger partial charge in [0.2, 0.25) is 5.91 Å². The lowest BCUT2D eigenvalue weighted by Crippen LogP contribution is -2.53. The van der Waals surface area contributed by atoms with Crippen molar-refractivity contribution in [1.29, 1.82) is 0 Å². The van der Waals surface area contributed by atoms with E-state index in [0.717, 1.165) is 19.5 Å². The molecule has 1 aliphatic carbocycles. The first-order valence-electron chi connectivity index (χ1n) is 6.40. The van der Waals surface area contributed by atoms with Crippen molar-refractivity contribution in [2.24, 2.45) is 5.73 Å². The highest BCUT2D eigenvalue weighted by atomic mass is 16.1. The third kappa shape index (κ3) is 3.76. The molecule has 1 fully saturated rings. The van der Waals surface area contributed by atoms with Crippen LogP contribution < -0.4 is 11.1 Å². The Labute approximate surface area is 98.6 Å². The summed E-state index contributed by atoms with van der Waals surface area (Å²) in [5.74, 6) is 0.0840. The van der Waals surface area contributed by atoms with Gasteiger partial charge in [-0.25, -0.2) is 0 Å². The molecule has 3 N–H and O–H groups in total. The van der Waals surface area contributed by atoms with Crippen LogP contribution in [0.2, 0.25) is 0 Å². The average Bonchev–Trinajstić information content (AvgIpc) is 2.26. The van der Waals surface area contributed by atoms with Crippen molar-refractivity contribution < 1.29 is 4.79 Å². The monoisotopic (exact) mass is 227 g/mol. The Balaban J connectivity index is 2.60. The van der Waals surface area contributed by atoms with Gasteiger partial charge in [0, 0.05) is 32.1 Å². The summed E-state index contributed by atoms with van der Waals surface area (Å²) in [6.07, 6.45) is 4.77. The zero-order chi connectivity index (χ0) is 12.0. The number of carbonyl (C=O) groups excluding carboxylic acids is 1. The summed E-state index contributed by atoms with van der Waals surface area (Å²) >= 11 is 0. The molecule has 1 saturated carbocycles. The fourth-order valence-electron chi connectivity index (χ4n) is 2.70. The molecule has 0 aromatic rings. The Morgan fingerprint density at radius 2 is 2.12 bits per heavy atom. The summed E-state index contributed by atoms with van der Waals surface area (Å²) in [6, 6.07) is 0.795. The molecule has 4 heteroatoms. The van der Waals surface area contributed by atoms with Gasteiger partial charge in [-0.05, 0) is 19.4 Å². The van der Waals surface area contributed by atoms with E-state index < -0.39 is 0 Å². The Morgan fingerprint density at radius 3 is 2.69 bits per heavy atom. The highest BCUT2D eigenvalue weighted by Crippen LogP contribution is 2.23. The quantitative estimate of drug-likeness (QED) is 0.727. The topological polar surface area (TPSA) is 58.4 Å². The van der Waals surface area contributed by atoms with Crippen molar-refractivity contribution in [3.8, 4) is 0 Å². The number of hydrogen-bond donors (Lipinski definition) is 2. The molecule has 0 aromatic carbocycles. The maximum atomic E-state index is 11.2. The van der Waals surface area contributed by atoms with Crippen molar-refractivity contribution in [1.82, 2.24) is 10.2 Å². The van der Waals surface area contributed by atoms with Gasteiger partial charge in [0.05, 0.1) is 0 Å². The van der Waals surface area contributed by atoms with E-state index >= 15 is 0 Å². The summed E-state index contributed by atoms with van der Waals surface area (Å²) < 4.78 is 0. The first-order valence-corrected chi connectivity index (χ1v) is 6.40. The number of hydrogen-bond acceptors (Lipinski definition) is 3. The molecule has 1 amide bonds. The highest BCUT2D eigenvalue weighted by molar-refractivity contribution is 5.73. The van der Waals surface area contributed by atoms with Gasteiger partial charge in [0.15, 0.2) is 0 Å². The van der Waals surface area contributed by atoms with Crippen LogP contribution in [0.25, 0.3) is 0 Å². The average molecular weight is 227 g/mol. The van der Waals surface area contributed by atoms with Gasteiger partial charge in [-0.1, -0.05) is 19.8 Å². The second-order valence-electron chi connectivity index (χ2n) is 4.58. The molecule has 0 saturated heterocycles. The summed E-state index contributed by atoms with van der Waals surface area (Å²) in [5.41, 5.74) is 5.63. The van der Waals surface area contributed by atoms with Gasteiger partial charge in [-0.15, -0.1) is 0 Å². The third-order valence-electron chi connectivity index (χ3n) is 3.41. The molecule has 94 valence electrons. The first kappa shape index (κ1) is 13.5. The third-order valence-corrected chi connectivity index (χ3v) is 3.41. The molecule has 0 unspecified atom stereocenters. The van der Waals surface area contributed by atoms with Crippen LogP contribution in [-0.4, -0.2) is 42.5 Å². The molecule has 1 rings (SSSR count). The fraction of sp³-hybridized carbons (Fsp3) is 0.917. The maximum Gasteiger partial charge on any atom is 0.217 e. The highest BCUT2D eigenvalue weighted by Gasteiger charge is 2.29. The number of nitrogens with two attached hydrogens (primary N) is 1. The van der Waals surface area contributed by atoms with Gasteiger partial charge in [-0.2, -0.15) is 0 Å². The molecular formula is C12H25N3O. The number of carbonyl (C=O) groups is 1. The lowest BCUT2D eigenvalue weighted by molar-refractivity contribution is -0.120. The lowest BCUT2D eigenvalue weighted by Gasteiger charge is -2.39. The molecule has 2 atom stereocenters. The zero-order valence-corrected chi connectivity index (χ0v) is 10.5. The summed E-state index contributed by atoms with van der Waals surface area (Å²) in [5, 5.41) is 3.08.